The average Bonchev–Trinajstić information content (AvgIpc) is 2.94. The lowest BCUT2D eigenvalue weighted by Crippen LogP contribution is -2.23. The van der Waals surface area contributed by atoms with E-state index >= 15 is 0 Å². The molecule has 19 heavy (non-hydrogen) atoms. The molecule has 1 N–H and O–H groups in total. The summed E-state index contributed by atoms with van der Waals surface area (Å²) in [6.07, 6.45) is 2.56. The predicted molar refractivity (Wildman–Crippen MR) is 71.8 cm³/mol. The van der Waals surface area contributed by atoms with Crippen LogP contribution in [-0.2, 0) is 0 Å². The SMILES string of the molecule is CCCNC(c1ccco1)c1ccc(OC)cc1F. The Hall–Kier alpha value is -1.81. The molecular weight excluding hydrogens is 245 g/mol. The van der Waals surface area contributed by atoms with Crippen LogP contribution in [0.25, 0.3) is 0 Å². The van der Waals surface area contributed by atoms with Crippen molar-refractivity contribution >= 4 is 0 Å². The quantitative estimate of drug-likeness (QED) is 0.866. The molecule has 0 amide bonds. The maximum absolute atomic E-state index is 14.1. The molecule has 1 atom stereocenters. The van der Waals surface area contributed by atoms with E-state index in [-0.39, 0.29) is 11.9 Å². The van der Waals surface area contributed by atoms with E-state index in [2.05, 4.69) is 12.2 Å². The van der Waals surface area contributed by atoms with Gasteiger partial charge in [0.2, 0.25) is 0 Å². The number of ether oxygens (including phenoxy) is 1. The summed E-state index contributed by atoms with van der Waals surface area (Å²) in [4.78, 5) is 0. The molecule has 4 heteroatoms. The van der Waals surface area contributed by atoms with Crippen molar-refractivity contribution in [3.8, 4) is 5.75 Å². The smallest absolute Gasteiger partial charge is 0.132 e. The zero-order valence-electron chi connectivity index (χ0n) is 11.2. The van der Waals surface area contributed by atoms with Gasteiger partial charge in [0.1, 0.15) is 17.3 Å². The lowest BCUT2D eigenvalue weighted by atomic mass is 10.0. The van der Waals surface area contributed by atoms with Crippen molar-refractivity contribution in [2.75, 3.05) is 13.7 Å². The fraction of sp³-hybridized carbons (Fsp3) is 0.333. The van der Waals surface area contributed by atoms with Crippen LogP contribution in [-0.4, -0.2) is 13.7 Å². The van der Waals surface area contributed by atoms with Crippen LogP contribution in [0.1, 0.15) is 30.7 Å². The highest BCUT2D eigenvalue weighted by molar-refractivity contribution is 5.34. The zero-order valence-corrected chi connectivity index (χ0v) is 11.2. The lowest BCUT2D eigenvalue weighted by molar-refractivity contribution is 0.406. The Morgan fingerprint density at radius 1 is 1.37 bits per heavy atom. The van der Waals surface area contributed by atoms with Crippen LogP contribution in [0.4, 0.5) is 4.39 Å². The van der Waals surface area contributed by atoms with E-state index in [1.807, 2.05) is 6.07 Å². The van der Waals surface area contributed by atoms with E-state index < -0.39 is 0 Å². The third-order valence-electron chi connectivity index (χ3n) is 2.94. The minimum absolute atomic E-state index is 0.277. The number of halogens is 1. The summed E-state index contributed by atoms with van der Waals surface area (Å²) in [5.74, 6) is 0.914. The second-order valence-electron chi connectivity index (χ2n) is 4.29. The Morgan fingerprint density at radius 3 is 2.79 bits per heavy atom. The van der Waals surface area contributed by atoms with E-state index in [1.54, 1.807) is 24.5 Å². The van der Waals surface area contributed by atoms with Gasteiger partial charge in [0.05, 0.1) is 19.4 Å². The van der Waals surface area contributed by atoms with E-state index in [0.29, 0.717) is 17.1 Å². The molecule has 0 aliphatic heterocycles. The van der Waals surface area contributed by atoms with Gasteiger partial charge in [-0.1, -0.05) is 13.0 Å². The maximum atomic E-state index is 14.1. The van der Waals surface area contributed by atoms with Crippen LogP contribution in [0.5, 0.6) is 5.75 Å². The summed E-state index contributed by atoms with van der Waals surface area (Å²) in [7, 11) is 1.52. The van der Waals surface area contributed by atoms with Crippen molar-refractivity contribution in [1.29, 1.82) is 0 Å². The number of rotatable bonds is 6. The van der Waals surface area contributed by atoms with Gasteiger partial charge in [-0.15, -0.1) is 0 Å². The molecule has 102 valence electrons. The summed E-state index contributed by atoms with van der Waals surface area (Å²) in [6, 6.07) is 8.24. The molecular formula is C15H18FNO2. The highest BCUT2D eigenvalue weighted by Crippen LogP contribution is 2.27. The maximum Gasteiger partial charge on any atom is 0.132 e. The molecule has 2 rings (SSSR count). The summed E-state index contributed by atoms with van der Waals surface area (Å²) in [5, 5.41) is 3.29. The molecule has 1 unspecified atom stereocenters. The zero-order chi connectivity index (χ0) is 13.7. The topological polar surface area (TPSA) is 34.4 Å². The van der Waals surface area contributed by atoms with E-state index in [0.717, 1.165) is 13.0 Å². The monoisotopic (exact) mass is 263 g/mol. The van der Waals surface area contributed by atoms with Crippen LogP contribution in [0.15, 0.2) is 41.0 Å². The molecule has 0 saturated carbocycles. The number of furan rings is 1. The Kier molecular flexibility index (Phi) is 4.58. The fourth-order valence-corrected chi connectivity index (χ4v) is 1.98. The standard InChI is InChI=1S/C15H18FNO2/c1-3-8-17-15(14-5-4-9-19-14)12-7-6-11(18-2)10-13(12)16/h4-7,9-10,15,17H,3,8H2,1-2H3. The van der Waals surface area contributed by atoms with Crippen molar-refractivity contribution in [2.45, 2.75) is 19.4 Å². The molecule has 0 aliphatic rings. The third kappa shape index (κ3) is 3.15. The second-order valence-corrected chi connectivity index (χ2v) is 4.29. The van der Waals surface area contributed by atoms with Crippen LogP contribution >= 0.6 is 0 Å². The third-order valence-corrected chi connectivity index (χ3v) is 2.94. The minimum atomic E-state index is -0.302. The molecule has 1 heterocycles. The van der Waals surface area contributed by atoms with Gasteiger partial charge in [0.25, 0.3) is 0 Å². The van der Waals surface area contributed by atoms with Crippen molar-refractivity contribution in [2.24, 2.45) is 0 Å². The average molecular weight is 263 g/mol. The van der Waals surface area contributed by atoms with Crippen LogP contribution in [0.2, 0.25) is 0 Å². The van der Waals surface area contributed by atoms with E-state index in [1.165, 1.54) is 13.2 Å². The summed E-state index contributed by atoms with van der Waals surface area (Å²) < 4.78 is 24.6. The van der Waals surface area contributed by atoms with Crippen LogP contribution in [0.3, 0.4) is 0 Å². The first kappa shape index (κ1) is 13.6. The molecule has 3 nitrogen and oxygen atoms in total. The molecule has 0 radical (unpaired) electrons. The molecule has 1 aromatic heterocycles. The number of hydrogen-bond acceptors (Lipinski definition) is 3. The van der Waals surface area contributed by atoms with Crippen molar-refractivity contribution < 1.29 is 13.5 Å². The normalized spacial score (nSPS) is 12.4. The number of benzene rings is 1. The summed E-state index contributed by atoms with van der Waals surface area (Å²) in [5.41, 5.74) is 0.559. The molecule has 0 bridgehead atoms. The van der Waals surface area contributed by atoms with Gasteiger partial charge in [0.15, 0.2) is 0 Å². The Morgan fingerprint density at radius 2 is 2.21 bits per heavy atom. The van der Waals surface area contributed by atoms with Gasteiger partial charge < -0.3 is 14.5 Å². The van der Waals surface area contributed by atoms with Gasteiger partial charge in [-0.2, -0.15) is 0 Å². The molecule has 0 aliphatic carbocycles. The van der Waals surface area contributed by atoms with Gasteiger partial charge >= 0.3 is 0 Å². The Labute approximate surface area is 112 Å². The van der Waals surface area contributed by atoms with Crippen molar-refractivity contribution in [3.63, 3.8) is 0 Å². The summed E-state index contributed by atoms with van der Waals surface area (Å²) >= 11 is 0. The molecule has 0 spiro atoms. The van der Waals surface area contributed by atoms with Crippen LogP contribution < -0.4 is 10.1 Å². The van der Waals surface area contributed by atoms with E-state index in [4.69, 9.17) is 9.15 Å². The van der Waals surface area contributed by atoms with Gasteiger partial charge in [-0.05, 0) is 31.2 Å². The largest absolute Gasteiger partial charge is 0.497 e. The fourth-order valence-electron chi connectivity index (χ4n) is 1.98. The highest BCUT2D eigenvalue weighted by Gasteiger charge is 2.20. The van der Waals surface area contributed by atoms with Crippen molar-refractivity contribution in [1.82, 2.24) is 5.32 Å². The second kappa shape index (κ2) is 6.38. The number of methoxy groups -OCH3 is 1. The first-order valence-electron chi connectivity index (χ1n) is 6.36. The molecule has 0 fully saturated rings. The first-order valence-corrected chi connectivity index (χ1v) is 6.36. The van der Waals surface area contributed by atoms with Crippen LogP contribution in [0, 0.1) is 5.82 Å². The highest BCUT2D eigenvalue weighted by atomic mass is 19.1. The molecule has 1 aromatic carbocycles. The number of nitrogens with one attached hydrogen (secondary N) is 1. The first-order chi connectivity index (χ1) is 9.26. The Bertz CT molecular complexity index is 511. The summed E-state index contributed by atoms with van der Waals surface area (Å²) in [6.45, 7) is 2.85. The van der Waals surface area contributed by atoms with E-state index in [9.17, 15) is 4.39 Å². The lowest BCUT2D eigenvalue weighted by Gasteiger charge is -2.17. The minimum Gasteiger partial charge on any atom is -0.497 e. The van der Waals surface area contributed by atoms with Gasteiger partial charge in [-0.25, -0.2) is 4.39 Å². The van der Waals surface area contributed by atoms with Crippen molar-refractivity contribution in [3.05, 3.63) is 53.7 Å². The van der Waals surface area contributed by atoms with Gasteiger partial charge in [0, 0.05) is 11.6 Å². The predicted octanol–water partition coefficient (Wildman–Crippen LogP) is 3.52. The molecule has 0 saturated heterocycles. The Balaban J connectivity index is 2.32. The van der Waals surface area contributed by atoms with Gasteiger partial charge in [-0.3, -0.25) is 0 Å². The molecule has 2 aromatic rings. The number of hydrogen-bond donors (Lipinski definition) is 1.